The summed E-state index contributed by atoms with van der Waals surface area (Å²) in [4.78, 5) is 23.9. The number of hydrogen-bond acceptors (Lipinski definition) is 3. The van der Waals surface area contributed by atoms with E-state index in [0.717, 1.165) is 16.7 Å². The summed E-state index contributed by atoms with van der Waals surface area (Å²) in [5, 5.41) is 2.92. The van der Waals surface area contributed by atoms with E-state index >= 15 is 0 Å². The first-order valence-electron chi connectivity index (χ1n) is 7.55. The second-order valence-corrected chi connectivity index (χ2v) is 5.47. The molecule has 0 aliphatic carbocycles. The largest absolute Gasteiger partial charge is 0.469 e. The Balaban J connectivity index is 2.05. The molecule has 0 saturated heterocycles. The molecule has 0 aliphatic heterocycles. The van der Waals surface area contributed by atoms with Gasteiger partial charge in [-0.15, -0.1) is 0 Å². The van der Waals surface area contributed by atoms with Crippen LogP contribution in [-0.4, -0.2) is 19.0 Å². The molecule has 0 saturated carbocycles. The second-order valence-electron chi connectivity index (χ2n) is 5.47. The lowest BCUT2D eigenvalue weighted by molar-refractivity contribution is -0.141. The molecular weight excluding hydrogens is 290 g/mol. The highest BCUT2D eigenvalue weighted by Gasteiger charge is 2.18. The summed E-state index contributed by atoms with van der Waals surface area (Å²) in [5.41, 5.74) is 2.98. The molecule has 1 amide bonds. The molecule has 0 unspecified atom stereocenters. The monoisotopic (exact) mass is 311 g/mol. The number of aryl methyl sites for hydroxylation is 1. The lowest BCUT2D eigenvalue weighted by atomic mass is 10.0. The van der Waals surface area contributed by atoms with Crippen molar-refractivity contribution < 1.29 is 14.3 Å². The van der Waals surface area contributed by atoms with Gasteiger partial charge in [0.05, 0.1) is 26.0 Å². The lowest BCUT2D eigenvalue weighted by Gasteiger charge is -2.18. The minimum Gasteiger partial charge on any atom is -0.469 e. The van der Waals surface area contributed by atoms with E-state index in [-0.39, 0.29) is 30.8 Å². The number of hydrogen-bond donors (Lipinski definition) is 1. The van der Waals surface area contributed by atoms with Crippen LogP contribution in [0.1, 0.15) is 29.2 Å². The van der Waals surface area contributed by atoms with Gasteiger partial charge in [-0.25, -0.2) is 0 Å². The Hall–Kier alpha value is -2.62. The number of methoxy groups -OCH3 is 1. The summed E-state index contributed by atoms with van der Waals surface area (Å²) in [5.74, 6) is -0.471. The normalized spacial score (nSPS) is 11.6. The van der Waals surface area contributed by atoms with E-state index in [1.165, 1.54) is 7.11 Å². The predicted molar refractivity (Wildman–Crippen MR) is 88.8 cm³/mol. The van der Waals surface area contributed by atoms with Crippen LogP contribution >= 0.6 is 0 Å². The fourth-order valence-electron chi connectivity index (χ4n) is 2.32. The molecule has 0 aliphatic rings. The van der Waals surface area contributed by atoms with E-state index < -0.39 is 0 Å². The fourth-order valence-corrected chi connectivity index (χ4v) is 2.32. The van der Waals surface area contributed by atoms with Crippen LogP contribution in [0.25, 0.3) is 0 Å². The molecule has 0 spiro atoms. The highest BCUT2D eigenvalue weighted by atomic mass is 16.5. The number of rotatable bonds is 6. The maximum absolute atomic E-state index is 12.3. The van der Waals surface area contributed by atoms with Gasteiger partial charge in [-0.2, -0.15) is 0 Å². The van der Waals surface area contributed by atoms with Gasteiger partial charge in [0.25, 0.3) is 0 Å². The minimum atomic E-state index is -0.387. The smallest absolute Gasteiger partial charge is 0.307 e. The average molecular weight is 311 g/mol. The Labute approximate surface area is 136 Å². The first kappa shape index (κ1) is 16.7. The van der Waals surface area contributed by atoms with Crippen LogP contribution in [0.15, 0.2) is 54.6 Å². The van der Waals surface area contributed by atoms with Gasteiger partial charge in [-0.3, -0.25) is 9.59 Å². The molecular formula is C19H21NO3. The number of amides is 1. The number of nitrogens with one attached hydrogen (secondary N) is 1. The van der Waals surface area contributed by atoms with E-state index in [1.54, 1.807) is 0 Å². The first-order valence-corrected chi connectivity index (χ1v) is 7.55. The second kappa shape index (κ2) is 8.13. The van der Waals surface area contributed by atoms with E-state index in [9.17, 15) is 9.59 Å². The van der Waals surface area contributed by atoms with Crippen molar-refractivity contribution in [3.8, 4) is 0 Å². The van der Waals surface area contributed by atoms with E-state index in [2.05, 4.69) is 5.32 Å². The highest BCUT2D eigenvalue weighted by Crippen LogP contribution is 2.17. The van der Waals surface area contributed by atoms with E-state index in [4.69, 9.17) is 4.74 Å². The molecule has 4 heteroatoms. The van der Waals surface area contributed by atoms with Crippen LogP contribution in [0.2, 0.25) is 0 Å². The molecule has 120 valence electrons. The zero-order valence-corrected chi connectivity index (χ0v) is 13.4. The van der Waals surface area contributed by atoms with Crippen LogP contribution in [0, 0.1) is 6.92 Å². The number of carbonyl (C=O) groups is 2. The van der Waals surface area contributed by atoms with Crippen molar-refractivity contribution in [3.63, 3.8) is 0 Å². The van der Waals surface area contributed by atoms with Gasteiger partial charge in [0.1, 0.15) is 0 Å². The summed E-state index contributed by atoms with van der Waals surface area (Å²) >= 11 is 0. The fraction of sp³-hybridized carbons (Fsp3) is 0.263. The van der Waals surface area contributed by atoms with Crippen molar-refractivity contribution in [2.24, 2.45) is 0 Å². The highest BCUT2D eigenvalue weighted by molar-refractivity contribution is 5.80. The lowest BCUT2D eigenvalue weighted by Crippen LogP contribution is -2.31. The Bertz CT molecular complexity index is 650. The summed E-state index contributed by atoms with van der Waals surface area (Å²) in [6, 6.07) is 16.9. The molecule has 0 fully saturated rings. The maximum atomic E-state index is 12.3. The van der Waals surface area contributed by atoms with Crippen LogP contribution < -0.4 is 5.32 Å². The molecule has 0 heterocycles. The number of ether oxygens (including phenoxy) is 1. The average Bonchev–Trinajstić information content (AvgIpc) is 2.57. The van der Waals surface area contributed by atoms with Crippen molar-refractivity contribution in [1.29, 1.82) is 0 Å². The molecule has 2 rings (SSSR count). The number of esters is 1. The zero-order chi connectivity index (χ0) is 16.7. The van der Waals surface area contributed by atoms with Crippen molar-refractivity contribution in [3.05, 3.63) is 71.3 Å². The third-order valence-corrected chi connectivity index (χ3v) is 3.62. The van der Waals surface area contributed by atoms with E-state index in [1.807, 2.05) is 61.5 Å². The van der Waals surface area contributed by atoms with Crippen molar-refractivity contribution in [1.82, 2.24) is 5.32 Å². The van der Waals surface area contributed by atoms with Crippen molar-refractivity contribution >= 4 is 11.9 Å². The Morgan fingerprint density at radius 1 is 1.04 bits per heavy atom. The predicted octanol–water partition coefficient (Wildman–Crippen LogP) is 2.96. The standard InChI is InChI=1S/C19H21NO3/c1-14-8-10-15(11-9-14)12-18(21)20-17(13-19(22)23-2)16-6-4-3-5-7-16/h3-11,17H,12-13H2,1-2H3,(H,20,21)/t17-/m0/s1. The topological polar surface area (TPSA) is 55.4 Å². The molecule has 1 N–H and O–H groups in total. The first-order chi connectivity index (χ1) is 11.1. The summed E-state index contributed by atoms with van der Waals surface area (Å²) < 4.78 is 4.72. The Morgan fingerprint density at radius 3 is 2.30 bits per heavy atom. The van der Waals surface area contributed by atoms with Crippen LogP contribution in [0.4, 0.5) is 0 Å². The summed E-state index contributed by atoms with van der Waals surface area (Å²) in [7, 11) is 1.35. The number of carbonyl (C=O) groups excluding carboxylic acids is 2. The molecule has 4 nitrogen and oxygen atoms in total. The van der Waals surface area contributed by atoms with Crippen LogP contribution in [0.3, 0.4) is 0 Å². The molecule has 23 heavy (non-hydrogen) atoms. The van der Waals surface area contributed by atoms with Gasteiger partial charge in [-0.1, -0.05) is 60.2 Å². The summed E-state index contributed by atoms with van der Waals surface area (Å²) in [6.07, 6.45) is 0.394. The number of benzene rings is 2. The van der Waals surface area contributed by atoms with Gasteiger partial charge < -0.3 is 10.1 Å². The molecule has 1 atom stereocenters. The Morgan fingerprint density at radius 2 is 1.70 bits per heavy atom. The van der Waals surface area contributed by atoms with Gasteiger partial charge >= 0.3 is 5.97 Å². The third kappa shape index (κ3) is 5.25. The molecule has 0 radical (unpaired) electrons. The third-order valence-electron chi connectivity index (χ3n) is 3.62. The van der Waals surface area contributed by atoms with Gasteiger partial charge in [-0.05, 0) is 18.1 Å². The minimum absolute atomic E-state index is 0.111. The molecule has 0 bridgehead atoms. The quantitative estimate of drug-likeness (QED) is 0.835. The van der Waals surface area contributed by atoms with E-state index in [0.29, 0.717) is 0 Å². The maximum Gasteiger partial charge on any atom is 0.307 e. The van der Waals surface area contributed by atoms with Gasteiger partial charge in [0, 0.05) is 0 Å². The summed E-state index contributed by atoms with van der Waals surface area (Å²) in [6.45, 7) is 2.01. The van der Waals surface area contributed by atoms with Crippen molar-refractivity contribution in [2.75, 3.05) is 7.11 Å². The molecule has 0 aromatic heterocycles. The van der Waals surface area contributed by atoms with Crippen LogP contribution in [0.5, 0.6) is 0 Å². The molecule has 2 aromatic carbocycles. The molecule has 2 aromatic rings. The van der Waals surface area contributed by atoms with Crippen LogP contribution in [-0.2, 0) is 20.7 Å². The Kier molecular flexibility index (Phi) is 5.92. The SMILES string of the molecule is COC(=O)C[C@H](NC(=O)Cc1ccc(C)cc1)c1ccccc1. The van der Waals surface area contributed by atoms with Gasteiger partial charge in [0.2, 0.25) is 5.91 Å². The van der Waals surface area contributed by atoms with Gasteiger partial charge in [0.15, 0.2) is 0 Å². The van der Waals surface area contributed by atoms with Crippen molar-refractivity contribution in [2.45, 2.75) is 25.8 Å². The zero-order valence-electron chi connectivity index (χ0n) is 13.4.